The lowest BCUT2D eigenvalue weighted by molar-refractivity contribution is 0.669. The Kier molecular flexibility index (Phi) is 8.43. The maximum Gasteiger partial charge on any atom is 0.164 e. The van der Waals surface area contributed by atoms with Gasteiger partial charge in [0.2, 0.25) is 0 Å². The van der Waals surface area contributed by atoms with E-state index in [2.05, 4.69) is 157 Å². The molecule has 0 unspecified atom stereocenters. The minimum Gasteiger partial charge on any atom is -0.454 e. The van der Waals surface area contributed by atoms with Crippen LogP contribution in [-0.2, 0) is 0 Å². The third-order valence-corrected chi connectivity index (χ3v) is 10.1. The van der Waals surface area contributed by atoms with E-state index in [0.29, 0.717) is 17.5 Å². The van der Waals surface area contributed by atoms with Crippen LogP contribution in [0.3, 0.4) is 0 Å². The van der Waals surface area contributed by atoms with Crippen molar-refractivity contribution in [2.45, 2.75) is 0 Å². The summed E-state index contributed by atoms with van der Waals surface area (Å²) in [5.41, 5.74) is 11.9. The Balaban J connectivity index is 1.07. The quantitative estimate of drug-likeness (QED) is 0.157. The van der Waals surface area contributed by atoms with Crippen LogP contribution in [0.5, 0.6) is 0 Å². The first kappa shape index (κ1) is 33.0. The van der Waals surface area contributed by atoms with Crippen LogP contribution in [0.2, 0.25) is 0 Å². The van der Waals surface area contributed by atoms with Gasteiger partial charge >= 0.3 is 0 Å². The van der Waals surface area contributed by atoms with Crippen molar-refractivity contribution in [2.24, 2.45) is 0 Å². The number of benzene rings is 8. The predicted molar refractivity (Wildman–Crippen MR) is 229 cm³/mol. The zero-order valence-corrected chi connectivity index (χ0v) is 30.3. The van der Waals surface area contributed by atoms with Gasteiger partial charge < -0.3 is 9.32 Å². The SMILES string of the molecule is c1ccc(-c2ccc(-c3nc(-c4ccccc4)nc(-c4ccc5c(c4)oc4c(N(c6ccccc6)c6ccc(-c7ccccc7)cc6)cccc45)n3)cc2)cc1. The highest BCUT2D eigenvalue weighted by Crippen LogP contribution is 2.43. The van der Waals surface area contributed by atoms with Gasteiger partial charge in [0.05, 0.1) is 5.69 Å². The Morgan fingerprint density at radius 1 is 0.321 bits per heavy atom. The largest absolute Gasteiger partial charge is 0.454 e. The van der Waals surface area contributed by atoms with Gasteiger partial charge in [0.25, 0.3) is 0 Å². The fourth-order valence-corrected chi connectivity index (χ4v) is 7.33. The van der Waals surface area contributed by atoms with Gasteiger partial charge in [0.15, 0.2) is 23.1 Å². The number of nitrogens with zero attached hydrogens (tertiary/aromatic N) is 4. The molecule has 2 aromatic heterocycles. The Morgan fingerprint density at radius 2 is 0.750 bits per heavy atom. The van der Waals surface area contributed by atoms with Gasteiger partial charge in [-0.3, -0.25) is 0 Å². The molecular weight excluding hydrogens is 685 g/mol. The number of fused-ring (bicyclic) bond motifs is 3. The Bertz CT molecular complexity index is 2930. The molecule has 10 rings (SSSR count). The summed E-state index contributed by atoms with van der Waals surface area (Å²) < 4.78 is 6.83. The van der Waals surface area contributed by atoms with Crippen molar-refractivity contribution in [2.75, 3.05) is 4.90 Å². The van der Waals surface area contributed by atoms with Crippen LogP contribution in [0.25, 0.3) is 78.4 Å². The number of hydrogen-bond acceptors (Lipinski definition) is 5. The molecule has 5 nitrogen and oxygen atoms in total. The van der Waals surface area contributed by atoms with Crippen LogP contribution in [0.4, 0.5) is 17.1 Å². The molecule has 0 aliphatic rings. The van der Waals surface area contributed by atoms with Crippen LogP contribution in [0.15, 0.2) is 211 Å². The van der Waals surface area contributed by atoms with Crippen LogP contribution >= 0.6 is 0 Å². The number of anilines is 3. The maximum absolute atomic E-state index is 6.83. The van der Waals surface area contributed by atoms with E-state index < -0.39 is 0 Å². The molecule has 264 valence electrons. The van der Waals surface area contributed by atoms with E-state index in [0.717, 1.165) is 72.4 Å². The second kappa shape index (κ2) is 14.3. The average Bonchev–Trinajstić information content (AvgIpc) is 3.67. The highest BCUT2D eigenvalue weighted by atomic mass is 16.3. The van der Waals surface area contributed by atoms with Crippen molar-refractivity contribution in [3.63, 3.8) is 0 Å². The third-order valence-electron chi connectivity index (χ3n) is 10.1. The molecule has 0 aliphatic carbocycles. The molecule has 0 aliphatic heterocycles. The van der Waals surface area contributed by atoms with Gasteiger partial charge in [-0.25, -0.2) is 15.0 Å². The second-order valence-corrected chi connectivity index (χ2v) is 13.7. The number of para-hydroxylation sites is 2. The second-order valence-electron chi connectivity index (χ2n) is 13.7. The molecule has 10 aromatic rings. The van der Waals surface area contributed by atoms with Crippen LogP contribution in [-0.4, -0.2) is 15.0 Å². The van der Waals surface area contributed by atoms with Gasteiger partial charge in [-0.1, -0.05) is 164 Å². The van der Waals surface area contributed by atoms with Crippen molar-refractivity contribution >= 4 is 39.0 Å². The van der Waals surface area contributed by atoms with Gasteiger partial charge in [-0.2, -0.15) is 0 Å². The van der Waals surface area contributed by atoms with Crippen LogP contribution in [0, 0.1) is 0 Å². The molecular formula is C51H34N4O. The molecule has 0 saturated heterocycles. The van der Waals surface area contributed by atoms with E-state index in [1.807, 2.05) is 54.6 Å². The molecule has 5 heteroatoms. The van der Waals surface area contributed by atoms with E-state index in [1.54, 1.807) is 0 Å². The summed E-state index contributed by atoms with van der Waals surface area (Å²) in [5, 5.41) is 2.05. The summed E-state index contributed by atoms with van der Waals surface area (Å²) in [6.07, 6.45) is 0. The standard InChI is InChI=1S/C51H34N4O/c1-5-14-35(15-6-1)37-24-26-40(27-25-37)50-52-49(39-18-9-3-10-19-39)53-51(54-50)41-30-33-44-45-22-13-23-46(48(45)56-47(44)34-41)55(42-20-11-4-12-21-42)43-31-28-38(29-32-43)36-16-7-2-8-17-36/h1-34H. The minimum atomic E-state index is 0.577. The van der Waals surface area contributed by atoms with E-state index >= 15 is 0 Å². The fourth-order valence-electron chi connectivity index (χ4n) is 7.33. The minimum absolute atomic E-state index is 0.577. The molecule has 0 atom stereocenters. The Morgan fingerprint density at radius 3 is 1.34 bits per heavy atom. The lowest BCUT2D eigenvalue weighted by Crippen LogP contribution is -2.10. The van der Waals surface area contributed by atoms with Gasteiger partial charge in [0.1, 0.15) is 5.58 Å². The molecule has 0 fully saturated rings. The normalized spacial score (nSPS) is 11.2. The molecule has 0 N–H and O–H groups in total. The smallest absolute Gasteiger partial charge is 0.164 e. The summed E-state index contributed by atoms with van der Waals surface area (Å²) in [5.74, 6) is 1.80. The van der Waals surface area contributed by atoms with E-state index in [9.17, 15) is 0 Å². The van der Waals surface area contributed by atoms with E-state index in [4.69, 9.17) is 19.4 Å². The summed E-state index contributed by atoms with van der Waals surface area (Å²) >= 11 is 0. The number of hydrogen-bond donors (Lipinski definition) is 0. The molecule has 0 spiro atoms. The maximum atomic E-state index is 6.83. The van der Waals surface area contributed by atoms with Crippen molar-refractivity contribution in [1.82, 2.24) is 15.0 Å². The van der Waals surface area contributed by atoms with E-state index in [1.165, 1.54) is 5.56 Å². The molecule has 56 heavy (non-hydrogen) atoms. The number of furan rings is 1. The zero-order chi connectivity index (χ0) is 37.3. The van der Waals surface area contributed by atoms with Crippen molar-refractivity contribution < 1.29 is 4.42 Å². The number of rotatable bonds is 8. The van der Waals surface area contributed by atoms with E-state index in [-0.39, 0.29) is 0 Å². The fraction of sp³-hybridized carbons (Fsp3) is 0. The molecule has 2 heterocycles. The molecule has 0 radical (unpaired) electrons. The Labute approximate surface area is 324 Å². The summed E-state index contributed by atoms with van der Waals surface area (Å²) in [6.45, 7) is 0. The molecule has 8 aromatic carbocycles. The van der Waals surface area contributed by atoms with Crippen molar-refractivity contribution in [3.8, 4) is 56.4 Å². The monoisotopic (exact) mass is 718 g/mol. The average molecular weight is 719 g/mol. The predicted octanol–water partition coefficient (Wildman–Crippen LogP) is 13.6. The summed E-state index contributed by atoms with van der Waals surface area (Å²) in [6, 6.07) is 71.0. The highest BCUT2D eigenvalue weighted by Gasteiger charge is 2.20. The Hall–Kier alpha value is -7.63. The lowest BCUT2D eigenvalue weighted by Gasteiger charge is -2.25. The van der Waals surface area contributed by atoms with Gasteiger partial charge in [0, 0.05) is 38.8 Å². The van der Waals surface area contributed by atoms with Crippen LogP contribution in [0.1, 0.15) is 0 Å². The topological polar surface area (TPSA) is 55.1 Å². The lowest BCUT2D eigenvalue weighted by atomic mass is 10.0. The highest BCUT2D eigenvalue weighted by molar-refractivity contribution is 6.11. The van der Waals surface area contributed by atoms with Crippen molar-refractivity contribution in [1.29, 1.82) is 0 Å². The zero-order valence-electron chi connectivity index (χ0n) is 30.3. The summed E-state index contributed by atoms with van der Waals surface area (Å²) in [7, 11) is 0. The van der Waals surface area contributed by atoms with Crippen LogP contribution < -0.4 is 4.90 Å². The summed E-state index contributed by atoms with van der Waals surface area (Å²) in [4.78, 5) is 17.3. The first-order chi connectivity index (χ1) is 27.7. The van der Waals surface area contributed by atoms with Gasteiger partial charge in [-0.15, -0.1) is 0 Å². The number of aromatic nitrogens is 3. The first-order valence-electron chi connectivity index (χ1n) is 18.7. The molecule has 0 amide bonds. The molecule has 0 saturated carbocycles. The molecule has 0 bridgehead atoms. The van der Waals surface area contributed by atoms with Gasteiger partial charge in [-0.05, 0) is 64.7 Å². The van der Waals surface area contributed by atoms with Crippen molar-refractivity contribution in [3.05, 3.63) is 206 Å². The first-order valence-corrected chi connectivity index (χ1v) is 18.7. The third kappa shape index (κ3) is 6.27.